The number of hydrogen-bond acceptors (Lipinski definition) is 5. The predicted molar refractivity (Wildman–Crippen MR) is 112 cm³/mol. The van der Waals surface area contributed by atoms with Gasteiger partial charge in [0.15, 0.2) is 9.84 Å². The van der Waals surface area contributed by atoms with Crippen LogP contribution in [0.5, 0.6) is 0 Å². The molecule has 0 saturated heterocycles. The molecular formula is C22H28N2O4S. The smallest absolute Gasteiger partial charge is 0.408 e. The Morgan fingerprint density at radius 3 is 2.21 bits per heavy atom. The number of amides is 1. The van der Waals surface area contributed by atoms with E-state index >= 15 is 0 Å². The van der Waals surface area contributed by atoms with Gasteiger partial charge in [0, 0.05) is 12.5 Å². The van der Waals surface area contributed by atoms with E-state index in [9.17, 15) is 13.2 Å². The number of nitrogens with one attached hydrogen (secondary N) is 1. The molecule has 3 N–H and O–H groups in total. The van der Waals surface area contributed by atoms with Crippen LogP contribution in [0.2, 0.25) is 0 Å². The van der Waals surface area contributed by atoms with Crippen LogP contribution in [-0.2, 0) is 14.6 Å². The number of sulfone groups is 1. The van der Waals surface area contributed by atoms with Crippen LogP contribution in [-0.4, -0.2) is 37.4 Å². The molecule has 0 heterocycles. The number of ether oxygens (including phenoxy) is 1. The molecule has 156 valence electrons. The Morgan fingerprint density at radius 1 is 1.10 bits per heavy atom. The van der Waals surface area contributed by atoms with E-state index < -0.39 is 38.2 Å². The number of carbonyl (C=O) groups is 1. The van der Waals surface area contributed by atoms with Gasteiger partial charge in [-0.15, -0.1) is 0 Å². The SMILES string of the molecule is Cc1ccc(S(=O)(=O)C2C(c3ccccc3)C2(CN)NC(=O)OC(C)(C)C)cc1. The number of carbonyl (C=O) groups excluding carboxylic acids is 1. The van der Waals surface area contributed by atoms with Gasteiger partial charge in [-0.05, 0) is 45.4 Å². The molecule has 0 bridgehead atoms. The first-order valence-corrected chi connectivity index (χ1v) is 11.1. The summed E-state index contributed by atoms with van der Waals surface area (Å²) in [6.45, 7) is 7.13. The zero-order chi connectivity index (χ0) is 21.4. The van der Waals surface area contributed by atoms with Crippen LogP contribution < -0.4 is 11.1 Å². The maximum atomic E-state index is 13.5. The highest BCUT2D eigenvalue weighted by Gasteiger charge is 2.71. The molecule has 6 nitrogen and oxygen atoms in total. The van der Waals surface area contributed by atoms with Crippen molar-refractivity contribution in [1.29, 1.82) is 0 Å². The highest BCUT2D eigenvalue weighted by Crippen LogP contribution is 2.56. The van der Waals surface area contributed by atoms with Crippen LogP contribution in [0.4, 0.5) is 4.79 Å². The summed E-state index contributed by atoms with van der Waals surface area (Å²) < 4.78 is 32.3. The molecule has 1 aliphatic rings. The number of rotatable bonds is 5. The Labute approximate surface area is 172 Å². The van der Waals surface area contributed by atoms with Gasteiger partial charge in [0.1, 0.15) is 10.9 Å². The van der Waals surface area contributed by atoms with Crippen molar-refractivity contribution in [3.63, 3.8) is 0 Å². The van der Waals surface area contributed by atoms with Crippen molar-refractivity contribution in [1.82, 2.24) is 5.32 Å². The average molecular weight is 417 g/mol. The van der Waals surface area contributed by atoms with Crippen molar-refractivity contribution in [2.24, 2.45) is 5.73 Å². The number of nitrogens with two attached hydrogens (primary N) is 1. The molecule has 7 heteroatoms. The van der Waals surface area contributed by atoms with E-state index in [2.05, 4.69) is 5.32 Å². The Balaban J connectivity index is 2.02. The van der Waals surface area contributed by atoms with E-state index in [0.717, 1.165) is 11.1 Å². The minimum Gasteiger partial charge on any atom is -0.444 e. The van der Waals surface area contributed by atoms with Crippen LogP contribution in [0, 0.1) is 6.92 Å². The van der Waals surface area contributed by atoms with Gasteiger partial charge in [-0.25, -0.2) is 13.2 Å². The number of alkyl carbamates (subject to hydrolysis) is 1. The lowest BCUT2D eigenvalue weighted by Crippen LogP contribution is -2.49. The van der Waals surface area contributed by atoms with Crippen LogP contribution in [0.15, 0.2) is 59.5 Å². The Bertz CT molecular complexity index is 982. The monoisotopic (exact) mass is 416 g/mol. The molecule has 3 rings (SSSR count). The standard InChI is InChI=1S/C22H28N2O4S/c1-15-10-12-17(13-11-15)29(26,27)19-18(16-8-6-5-7-9-16)22(19,14-23)24-20(25)28-21(2,3)4/h5-13,18-19H,14,23H2,1-4H3,(H,24,25). The number of benzene rings is 2. The molecule has 0 spiro atoms. The molecule has 0 radical (unpaired) electrons. The van der Waals surface area contributed by atoms with Crippen LogP contribution in [0.3, 0.4) is 0 Å². The second kappa shape index (κ2) is 7.46. The fourth-order valence-electron chi connectivity index (χ4n) is 3.80. The van der Waals surface area contributed by atoms with Gasteiger partial charge in [-0.3, -0.25) is 0 Å². The summed E-state index contributed by atoms with van der Waals surface area (Å²) in [6.07, 6.45) is -0.675. The molecule has 3 unspecified atom stereocenters. The van der Waals surface area contributed by atoms with Gasteiger partial charge in [0.05, 0.1) is 10.4 Å². The third kappa shape index (κ3) is 4.16. The van der Waals surface area contributed by atoms with Gasteiger partial charge in [-0.2, -0.15) is 0 Å². The van der Waals surface area contributed by atoms with Crippen LogP contribution in [0.25, 0.3) is 0 Å². The van der Waals surface area contributed by atoms with E-state index in [0.29, 0.717) is 0 Å². The van der Waals surface area contributed by atoms with Crippen molar-refractivity contribution < 1.29 is 17.9 Å². The second-order valence-corrected chi connectivity index (χ2v) is 10.6. The summed E-state index contributed by atoms with van der Waals surface area (Å²) >= 11 is 0. The zero-order valence-corrected chi connectivity index (χ0v) is 18.0. The molecule has 29 heavy (non-hydrogen) atoms. The molecule has 3 atom stereocenters. The normalized spacial score (nSPS) is 24.0. The fraction of sp³-hybridized carbons (Fsp3) is 0.409. The second-order valence-electron chi connectivity index (χ2n) is 8.54. The summed E-state index contributed by atoms with van der Waals surface area (Å²) in [6, 6.07) is 16.0. The minimum atomic E-state index is -3.74. The van der Waals surface area contributed by atoms with E-state index in [4.69, 9.17) is 10.5 Å². The van der Waals surface area contributed by atoms with Crippen LogP contribution in [0.1, 0.15) is 37.8 Å². The summed E-state index contributed by atoms with van der Waals surface area (Å²) in [7, 11) is -3.74. The Kier molecular flexibility index (Phi) is 5.49. The molecule has 2 aromatic carbocycles. The topological polar surface area (TPSA) is 98.5 Å². The van der Waals surface area contributed by atoms with Crippen molar-refractivity contribution in [3.05, 3.63) is 65.7 Å². The maximum Gasteiger partial charge on any atom is 0.408 e. The van der Waals surface area contributed by atoms with Gasteiger partial charge in [0.25, 0.3) is 0 Å². The quantitative estimate of drug-likeness (QED) is 0.780. The fourth-order valence-corrected chi connectivity index (χ4v) is 6.15. The van der Waals surface area contributed by atoms with E-state index in [1.165, 1.54) is 0 Å². The van der Waals surface area contributed by atoms with Gasteiger partial charge >= 0.3 is 6.09 Å². The highest BCUT2D eigenvalue weighted by atomic mass is 32.2. The predicted octanol–water partition coefficient (Wildman–Crippen LogP) is 3.16. The summed E-state index contributed by atoms with van der Waals surface area (Å²) in [4.78, 5) is 12.7. The summed E-state index contributed by atoms with van der Waals surface area (Å²) in [5, 5.41) is 1.92. The lowest BCUT2D eigenvalue weighted by atomic mass is 10.1. The van der Waals surface area contributed by atoms with Gasteiger partial charge in [-0.1, -0.05) is 48.0 Å². The maximum absolute atomic E-state index is 13.5. The molecular weight excluding hydrogens is 388 g/mol. The average Bonchev–Trinajstić information content (AvgIpc) is 3.30. The van der Waals surface area contributed by atoms with E-state index in [1.807, 2.05) is 37.3 Å². The molecule has 0 aromatic heterocycles. The lowest BCUT2D eigenvalue weighted by molar-refractivity contribution is 0.0497. The van der Waals surface area contributed by atoms with Gasteiger partial charge in [0.2, 0.25) is 0 Å². The highest BCUT2D eigenvalue weighted by molar-refractivity contribution is 7.92. The molecule has 1 saturated carbocycles. The molecule has 1 aliphatic carbocycles. The molecule has 2 aromatic rings. The summed E-state index contributed by atoms with van der Waals surface area (Å²) in [5.74, 6) is -0.465. The third-order valence-electron chi connectivity index (χ3n) is 5.17. The van der Waals surface area contributed by atoms with E-state index in [-0.39, 0.29) is 11.4 Å². The largest absolute Gasteiger partial charge is 0.444 e. The first-order chi connectivity index (χ1) is 13.5. The number of aryl methyl sites for hydroxylation is 1. The summed E-state index contributed by atoms with van der Waals surface area (Å²) in [5.41, 5.74) is 6.01. The Morgan fingerprint density at radius 2 is 1.69 bits per heavy atom. The zero-order valence-electron chi connectivity index (χ0n) is 17.2. The van der Waals surface area contributed by atoms with Crippen molar-refractivity contribution in [3.8, 4) is 0 Å². The molecule has 0 aliphatic heterocycles. The molecule has 1 fully saturated rings. The van der Waals surface area contributed by atoms with Crippen LogP contribution >= 0.6 is 0 Å². The van der Waals surface area contributed by atoms with Crippen molar-refractivity contribution >= 4 is 15.9 Å². The number of hydrogen-bond donors (Lipinski definition) is 2. The minimum absolute atomic E-state index is 0.0262. The van der Waals surface area contributed by atoms with Crippen molar-refractivity contribution in [2.45, 2.75) is 54.9 Å². The molecule has 1 amide bonds. The van der Waals surface area contributed by atoms with Gasteiger partial charge < -0.3 is 15.8 Å². The van der Waals surface area contributed by atoms with E-state index in [1.54, 1.807) is 45.0 Å². The lowest BCUT2D eigenvalue weighted by Gasteiger charge is -2.24. The third-order valence-corrected chi connectivity index (χ3v) is 7.46. The van der Waals surface area contributed by atoms with Crippen molar-refractivity contribution in [2.75, 3.05) is 6.54 Å². The Hall–Kier alpha value is -2.38. The first kappa shape index (κ1) is 21.3. The first-order valence-electron chi connectivity index (χ1n) is 9.58.